The molecule has 426 valence electrons. The van der Waals surface area contributed by atoms with Crippen molar-refractivity contribution in [2.45, 2.75) is 214 Å². The van der Waals surface area contributed by atoms with Gasteiger partial charge in [0.15, 0.2) is 25.0 Å². The number of allylic oxidation sites excluding steroid dienone is 1. The van der Waals surface area contributed by atoms with Crippen molar-refractivity contribution in [1.82, 2.24) is 4.98 Å². The van der Waals surface area contributed by atoms with Gasteiger partial charge in [-0.25, -0.2) is 4.98 Å². The lowest BCUT2D eigenvalue weighted by Gasteiger charge is -2.46. The molecule has 1 aromatic heterocycles. The number of aliphatic hydroxyl groups is 1. The zero-order valence-corrected chi connectivity index (χ0v) is 55.4. The average molecular weight is 1120 g/mol. The highest BCUT2D eigenvalue weighted by Crippen LogP contribution is 2.46. The van der Waals surface area contributed by atoms with Gasteiger partial charge in [0, 0.05) is 17.9 Å². The molecular weight excluding hydrogens is 1020 g/mol. The number of aryl methyl sites for hydroxylation is 1. The van der Waals surface area contributed by atoms with Gasteiger partial charge in [0.1, 0.15) is 11.4 Å². The van der Waals surface area contributed by atoms with E-state index in [4.69, 9.17) is 23.0 Å². The molecule has 0 unspecified atom stereocenters. The largest absolute Gasteiger partial charge is 0.417 e. The predicted molar refractivity (Wildman–Crippen MR) is 336 cm³/mol. The molecule has 0 amide bonds. The van der Waals surface area contributed by atoms with Crippen LogP contribution >= 0.6 is 11.3 Å². The first-order valence-electron chi connectivity index (χ1n) is 28.5. The minimum Gasteiger partial charge on any atom is -0.417 e. The fourth-order valence-corrected chi connectivity index (χ4v) is 13.9. The summed E-state index contributed by atoms with van der Waals surface area (Å²) in [6.07, 6.45) is 8.90. The Morgan fingerprint density at radius 3 is 1.65 bits per heavy atom. The monoisotopic (exact) mass is 1120 g/mol. The Balaban J connectivity index is 1.73. The third kappa shape index (κ3) is 17.3. The Bertz CT molecular complexity index is 2420. The first kappa shape index (κ1) is 66.1. The van der Waals surface area contributed by atoms with E-state index in [9.17, 15) is 5.11 Å². The summed E-state index contributed by atoms with van der Waals surface area (Å²) in [5.41, 5.74) is 4.58. The summed E-state index contributed by atoms with van der Waals surface area (Å²) >= 11 is 1.66. The molecule has 0 spiro atoms. The van der Waals surface area contributed by atoms with Crippen LogP contribution in [0, 0.1) is 24.2 Å². The van der Waals surface area contributed by atoms with E-state index >= 15 is 4.79 Å². The molecule has 11 heteroatoms. The van der Waals surface area contributed by atoms with E-state index in [1.165, 1.54) is 0 Å². The summed E-state index contributed by atoms with van der Waals surface area (Å²) in [6, 6.07) is 31.7. The number of aromatic nitrogens is 1. The van der Waals surface area contributed by atoms with E-state index in [-0.39, 0.29) is 32.9 Å². The minimum absolute atomic E-state index is 0.00938. The van der Waals surface area contributed by atoms with E-state index < -0.39 is 54.1 Å². The summed E-state index contributed by atoms with van der Waals surface area (Å²) in [5.74, 6) is -0.776. The van der Waals surface area contributed by atoms with E-state index in [0.29, 0.717) is 38.9 Å². The van der Waals surface area contributed by atoms with Crippen LogP contribution in [-0.4, -0.2) is 72.4 Å². The fraction of sp³-hybridized carbons (Fsp3) is 0.576. The maximum atomic E-state index is 15.2. The molecule has 1 heterocycles. The standard InChI is InChI=1S/C66H103NO6SSi3/c1-22-44-65(15,59(73-77(20,21)64(12,13)14)43-45-71-75(16,17)62(6,7)8)61(69)51(4)60(68)49(2)33-32-34-53(41-42-58(72-76(18,19)63(9,10)11)50(3)46-57-48-74-52(5)67-57)47-70-66(54-35-26-23-27-36-54,55-37-28-24-29-38-55)56-39-30-25-31-40-56/h22-31,35-41,46,48-49,51,58-60,68H,1,32-34,42-45,47H2,2-21H3/b50-46+,53-41+/t49-,51-,58-,59-,60+,65-/m0/s1. The Morgan fingerprint density at radius 2 is 1.21 bits per heavy atom. The van der Waals surface area contributed by atoms with Crippen LogP contribution < -0.4 is 0 Å². The van der Waals surface area contributed by atoms with Crippen molar-refractivity contribution >= 4 is 48.1 Å². The van der Waals surface area contributed by atoms with Crippen LogP contribution in [0.5, 0.6) is 0 Å². The van der Waals surface area contributed by atoms with Crippen LogP contribution in [-0.2, 0) is 28.4 Å². The highest BCUT2D eigenvalue weighted by Gasteiger charge is 2.50. The van der Waals surface area contributed by atoms with E-state index in [1.54, 1.807) is 11.3 Å². The van der Waals surface area contributed by atoms with Crippen LogP contribution in [0.2, 0.25) is 54.4 Å². The molecule has 0 aliphatic heterocycles. The molecule has 77 heavy (non-hydrogen) atoms. The van der Waals surface area contributed by atoms with Crippen LogP contribution in [0.25, 0.3) is 6.08 Å². The number of ether oxygens (including phenoxy) is 1. The molecule has 3 aromatic carbocycles. The second kappa shape index (κ2) is 27.4. The average Bonchev–Trinajstić information content (AvgIpc) is 3.77. The number of carbonyl (C=O) groups is 1. The SMILES string of the molecule is C=CC[C@](C)(C(=O)[C@@H](C)[C@H](O)[C@@H](C)CCC/C(=C\C[C@H](O[Si](C)(C)C(C)(C)C)/C(C)=C/c1csc(C)n1)COC(c1ccccc1)(c1ccccc1)c1ccccc1)[C@H](CCO[Si](C)(C)C(C)(C)C)O[Si](C)(C)C(C)(C)C. The Hall–Kier alpha value is -3.37. The van der Waals surface area contributed by atoms with E-state index in [0.717, 1.165) is 51.4 Å². The second-order valence-electron chi connectivity index (χ2n) is 26.9. The first-order valence-corrected chi connectivity index (χ1v) is 38.2. The normalized spacial score (nSPS) is 16.6. The lowest BCUT2D eigenvalue weighted by atomic mass is 9.70. The molecular formula is C66H103NO6SSi3. The van der Waals surface area contributed by atoms with Gasteiger partial charge in [-0.15, -0.1) is 17.9 Å². The van der Waals surface area contributed by atoms with E-state index in [1.807, 2.05) is 26.8 Å². The maximum Gasteiger partial charge on any atom is 0.192 e. The number of ketones is 1. The van der Waals surface area contributed by atoms with Gasteiger partial charge >= 0.3 is 0 Å². The van der Waals surface area contributed by atoms with Gasteiger partial charge in [-0.2, -0.15) is 0 Å². The highest BCUT2D eigenvalue weighted by molar-refractivity contribution is 7.09. The molecule has 0 fully saturated rings. The lowest BCUT2D eigenvalue weighted by Crippen LogP contribution is -2.53. The van der Waals surface area contributed by atoms with Crippen molar-refractivity contribution in [3.63, 3.8) is 0 Å². The van der Waals surface area contributed by atoms with Crippen molar-refractivity contribution in [1.29, 1.82) is 0 Å². The first-order chi connectivity index (χ1) is 35.6. The molecule has 1 N–H and O–H groups in total. The molecule has 0 aliphatic carbocycles. The number of benzene rings is 3. The van der Waals surface area contributed by atoms with Crippen LogP contribution in [0.1, 0.15) is 156 Å². The van der Waals surface area contributed by atoms with E-state index in [2.05, 4.69) is 231 Å². The van der Waals surface area contributed by atoms with Crippen molar-refractivity contribution in [3.8, 4) is 0 Å². The summed E-state index contributed by atoms with van der Waals surface area (Å²) in [7, 11) is -6.65. The number of hydrogen-bond acceptors (Lipinski definition) is 8. The molecule has 6 atom stereocenters. The predicted octanol–water partition coefficient (Wildman–Crippen LogP) is 18.3. The van der Waals surface area contributed by atoms with Crippen molar-refractivity contribution in [2.24, 2.45) is 17.3 Å². The van der Waals surface area contributed by atoms with Gasteiger partial charge in [0.2, 0.25) is 0 Å². The molecule has 4 rings (SSSR count). The fourth-order valence-electron chi connectivity index (χ4n) is 9.47. The number of thiazole rings is 1. The second-order valence-corrected chi connectivity index (χ2v) is 42.3. The Kier molecular flexibility index (Phi) is 23.5. The van der Waals surface area contributed by atoms with Gasteiger partial charge in [0.05, 0.1) is 41.0 Å². The zero-order chi connectivity index (χ0) is 57.8. The van der Waals surface area contributed by atoms with Crippen LogP contribution in [0.3, 0.4) is 0 Å². The molecule has 0 bridgehead atoms. The number of nitrogens with zero attached hydrogens (tertiary/aromatic N) is 1. The van der Waals surface area contributed by atoms with Gasteiger partial charge in [-0.3, -0.25) is 4.79 Å². The van der Waals surface area contributed by atoms with Crippen molar-refractivity contribution in [3.05, 3.63) is 154 Å². The quantitative estimate of drug-likeness (QED) is 0.0329. The number of Topliss-reactive ketones (excluding diaryl/α,β-unsaturated/α-hetero) is 1. The minimum atomic E-state index is -2.35. The molecule has 0 aliphatic rings. The third-order valence-electron chi connectivity index (χ3n) is 17.8. The third-order valence-corrected chi connectivity index (χ3v) is 32.1. The number of aliphatic hydroxyl groups excluding tert-OH is 1. The zero-order valence-electron chi connectivity index (χ0n) is 51.6. The summed E-state index contributed by atoms with van der Waals surface area (Å²) in [5, 5.41) is 15.5. The smallest absolute Gasteiger partial charge is 0.192 e. The maximum absolute atomic E-state index is 15.2. The molecule has 0 saturated heterocycles. The lowest BCUT2D eigenvalue weighted by molar-refractivity contribution is -0.142. The molecule has 7 nitrogen and oxygen atoms in total. The summed E-state index contributed by atoms with van der Waals surface area (Å²) in [6.45, 7) is 49.4. The van der Waals surface area contributed by atoms with Crippen LogP contribution in [0.4, 0.5) is 0 Å². The molecule has 0 radical (unpaired) electrons. The van der Waals surface area contributed by atoms with Gasteiger partial charge in [-0.1, -0.05) is 179 Å². The topological polar surface area (TPSA) is 87.1 Å². The Labute approximate surface area is 476 Å². The highest BCUT2D eigenvalue weighted by atomic mass is 32.1. The van der Waals surface area contributed by atoms with Gasteiger partial charge in [-0.05, 0) is 154 Å². The van der Waals surface area contributed by atoms with Crippen LogP contribution in [0.15, 0.2) is 126 Å². The molecule has 0 saturated carbocycles. The van der Waals surface area contributed by atoms with Crippen molar-refractivity contribution < 1.29 is 27.9 Å². The number of carbonyl (C=O) groups excluding carboxylic acids is 1. The van der Waals surface area contributed by atoms with Gasteiger partial charge in [0.25, 0.3) is 0 Å². The van der Waals surface area contributed by atoms with Gasteiger partial charge < -0.3 is 23.1 Å². The summed E-state index contributed by atoms with van der Waals surface area (Å²) in [4.78, 5) is 20.0. The summed E-state index contributed by atoms with van der Waals surface area (Å²) < 4.78 is 28.9. The number of hydrogen-bond donors (Lipinski definition) is 1. The van der Waals surface area contributed by atoms with Crippen molar-refractivity contribution in [2.75, 3.05) is 13.2 Å². The molecule has 4 aromatic rings. The number of rotatable bonds is 29. The Morgan fingerprint density at radius 1 is 0.727 bits per heavy atom.